The fourth-order valence-corrected chi connectivity index (χ4v) is 2.88. The summed E-state index contributed by atoms with van der Waals surface area (Å²) in [4.78, 5) is 6.43. The first kappa shape index (κ1) is 21.2. The van der Waals surface area contributed by atoms with Crippen LogP contribution in [0.3, 0.4) is 0 Å². The third-order valence-corrected chi connectivity index (χ3v) is 4.33. The Morgan fingerprint density at radius 2 is 1.50 bits per heavy atom. The number of methoxy groups -OCH3 is 4. The monoisotopic (exact) mass is 387 g/mol. The van der Waals surface area contributed by atoms with Gasteiger partial charge in [-0.05, 0) is 35.4 Å². The summed E-state index contributed by atoms with van der Waals surface area (Å²) < 4.78 is 21.4. The van der Waals surface area contributed by atoms with Crippen molar-refractivity contribution in [3.05, 3.63) is 47.5 Å². The number of guanidine groups is 1. The van der Waals surface area contributed by atoms with Crippen molar-refractivity contribution < 1.29 is 18.9 Å². The molecule has 0 aliphatic carbocycles. The average Bonchev–Trinajstić information content (AvgIpc) is 2.73. The van der Waals surface area contributed by atoms with Gasteiger partial charge in [-0.3, -0.25) is 4.99 Å². The average molecular weight is 387 g/mol. The molecular weight excluding hydrogens is 358 g/mol. The zero-order valence-corrected chi connectivity index (χ0v) is 17.4. The summed E-state index contributed by atoms with van der Waals surface area (Å²) in [7, 11) is 10.2. The van der Waals surface area contributed by atoms with Crippen molar-refractivity contribution in [2.24, 2.45) is 4.99 Å². The van der Waals surface area contributed by atoms with Crippen LogP contribution in [-0.4, -0.2) is 53.4 Å². The van der Waals surface area contributed by atoms with E-state index in [2.05, 4.69) is 15.2 Å². The molecule has 2 rings (SSSR count). The van der Waals surface area contributed by atoms with Gasteiger partial charge in [0.15, 0.2) is 17.5 Å². The molecule has 0 bridgehead atoms. The van der Waals surface area contributed by atoms with E-state index in [0.29, 0.717) is 23.8 Å². The van der Waals surface area contributed by atoms with Crippen LogP contribution >= 0.6 is 0 Å². The molecule has 0 spiro atoms. The minimum atomic E-state index is 0.566. The van der Waals surface area contributed by atoms with Gasteiger partial charge in [0, 0.05) is 27.2 Å². The molecule has 0 heterocycles. The Bertz CT molecular complexity index is 766. The van der Waals surface area contributed by atoms with Crippen molar-refractivity contribution >= 4 is 5.96 Å². The van der Waals surface area contributed by atoms with E-state index in [9.17, 15) is 0 Å². The molecule has 0 aromatic heterocycles. The van der Waals surface area contributed by atoms with Crippen molar-refractivity contribution in [2.45, 2.75) is 13.1 Å². The normalized spacial score (nSPS) is 11.0. The molecule has 0 fully saturated rings. The van der Waals surface area contributed by atoms with Crippen LogP contribution in [0.5, 0.6) is 23.0 Å². The fourth-order valence-electron chi connectivity index (χ4n) is 2.88. The summed E-state index contributed by atoms with van der Waals surface area (Å²) >= 11 is 0. The third kappa shape index (κ3) is 5.22. The lowest BCUT2D eigenvalue weighted by Gasteiger charge is -2.23. The second kappa shape index (κ2) is 10.3. The number of aliphatic imine (C=N–C) groups is 1. The van der Waals surface area contributed by atoms with Gasteiger partial charge < -0.3 is 29.2 Å². The Hall–Kier alpha value is -3.09. The molecule has 0 saturated carbocycles. The van der Waals surface area contributed by atoms with Gasteiger partial charge in [0.25, 0.3) is 0 Å². The van der Waals surface area contributed by atoms with Gasteiger partial charge in [-0.2, -0.15) is 0 Å². The third-order valence-electron chi connectivity index (χ3n) is 4.33. The Balaban J connectivity index is 2.06. The molecule has 1 N–H and O–H groups in total. The maximum atomic E-state index is 5.41. The number of hydrogen-bond acceptors (Lipinski definition) is 5. The first-order valence-electron chi connectivity index (χ1n) is 8.89. The standard InChI is InChI=1S/C21H29N3O4/c1-22-21(24(2)14-15-7-9-17(25-3)10-8-15)23-13-16-11-18(26-4)20(28-6)19(12-16)27-5/h7-12H,13-14H2,1-6H3,(H,22,23). The molecular formula is C21H29N3O4. The second-order valence-electron chi connectivity index (χ2n) is 6.14. The summed E-state index contributed by atoms with van der Waals surface area (Å²) in [5, 5.41) is 3.37. The Labute approximate surface area is 166 Å². The highest BCUT2D eigenvalue weighted by atomic mass is 16.5. The molecule has 0 atom stereocenters. The highest BCUT2D eigenvalue weighted by molar-refractivity contribution is 5.79. The molecule has 0 aliphatic rings. The number of benzene rings is 2. The molecule has 2 aromatic carbocycles. The Kier molecular flexibility index (Phi) is 7.80. The minimum absolute atomic E-state index is 0.566. The van der Waals surface area contributed by atoms with E-state index in [0.717, 1.165) is 23.8 Å². The maximum Gasteiger partial charge on any atom is 0.203 e. The molecule has 0 aliphatic heterocycles. The van der Waals surface area contributed by atoms with Crippen molar-refractivity contribution in [2.75, 3.05) is 42.5 Å². The zero-order valence-electron chi connectivity index (χ0n) is 17.4. The van der Waals surface area contributed by atoms with Gasteiger partial charge in [0.05, 0.1) is 28.4 Å². The van der Waals surface area contributed by atoms with Crippen LogP contribution in [0, 0.1) is 0 Å². The van der Waals surface area contributed by atoms with E-state index in [4.69, 9.17) is 18.9 Å². The van der Waals surface area contributed by atoms with Crippen molar-refractivity contribution in [1.82, 2.24) is 10.2 Å². The Morgan fingerprint density at radius 3 is 1.96 bits per heavy atom. The summed E-state index contributed by atoms with van der Waals surface area (Å²) in [6, 6.07) is 11.8. The molecule has 0 unspecified atom stereocenters. The predicted molar refractivity (Wildman–Crippen MR) is 111 cm³/mol. The largest absolute Gasteiger partial charge is 0.497 e. The predicted octanol–water partition coefficient (Wildman–Crippen LogP) is 2.93. The quantitative estimate of drug-likeness (QED) is 0.555. The molecule has 28 heavy (non-hydrogen) atoms. The molecule has 0 saturated heterocycles. The number of nitrogens with zero attached hydrogens (tertiary/aromatic N) is 2. The number of rotatable bonds is 8. The SMILES string of the molecule is CN=C(NCc1cc(OC)c(OC)c(OC)c1)N(C)Cc1ccc(OC)cc1. The van der Waals surface area contributed by atoms with Crippen LogP contribution in [-0.2, 0) is 13.1 Å². The van der Waals surface area contributed by atoms with Crippen molar-refractivity contribution in [1.29, 1.82) is 0 Å². The van der Waals surface area contributed by atoms with Crippen molar-refractivity contribution in [3.63, 3.8) is 0 Å². The molecule has 2 aromatic rings. The van der Waals surface area contributed by atoms with E-state index in [1.54, 1.807) is 35.5 Å². The van der Waals surface area contributed by atoms with Crippen molar-refractivity contribution in [3.8, 4) is 23.0 Å². The van der Waals surface area contributed by atoms with E-state index in [1.165, 1.54) is 5.56 Å². The van der Waals surface area contributed by atoms with Crippen LogP contribution in [0.2, 0.25) is 0 Å². The van der Waals surface area contributed by atoms with Crippen LogP contribution in [0.15, 0.2) is 41.4 Å². The molecule has 0 amide bonds. The summed E-state index contributed by atoms with van der Waals surface area (Å²) in [5.74, 6) is 3.45. The Morgan fingerprint density at radius 1 is 0.893 bits per heavy atom. The molecule has 0 radical (unpaired) electrons. The first-order chi connectivity index (χ1) is 13.6. The summed E-state index contributed by atoms with van der Waals surface area (Å²) in [5.41, 5.74) is 2.16. The molecule has 7 nitrogen and oxygen atoms in total. The van der Waals surface area contributed by atoms with Crippen LogP contribution < -0.4 is 24.3 Å². The lowest BCUT2D eigenvalue weighted by Crippen LogP contribution is -2.38. The molecule has 152 valence electrons. The van der Waals surface area contributed by atoms with Gasteiger partial charge >= 0.3 is 0 Å². The van der Waals surface area contributed by atoms with Gasteiger partial charge in [-0.25, -0.2) is 0 Å². The van der Waals surface area contributed by atoms with E-state index >= 15 is 0 Å². The highest BCUT2D eigenvalue weighted by Crippen LogP contribution is 2.38. The van der Waals surface area contributed by atoms with Gasteiger partial charge in [-0.15, -0.1) is 0 Å². The van der Waals surface area contributed by atoms with Gasteiger partial charge in [0.1, 0.15) is 5.75 Å². The number of ether oxygens (including phenoxy) is 4. The van der Waals surface area contributed by atoms with E-state index in [-0.39, 0.29) is 0 Å². The minimum Gasteiger partial charge on any atom is -0.497 e. The zero-order chi connectivity index (χ0) is 20.5. The fraction of sp³-hybridized carbons (Fsp3) is 0.381. The van der Waals surface area contributed by atoms with Gasteiger partial charge in [-0.1, -0.05) is 12.1 Å². The van der Waals surface area contributed by atoms with Crippen LogP contribution in [0.1, 0.15) is 11.1 Å². The lowest BCUT2D eigenvalue weighted by atomic mass is 10.1. The van der Waals surface area contributed by atoms with E-state index < -0.39 is 0 Å². The number of hydrogen-bond donors (Lipinski definition) is 1. The topological polar surface area (TPSA) is 64.6 Å². The second-order valence-corrected chi connectivity index (χ2v) is 6.14. The number of nitrogens with one attached hydrogen (secondary N) is 1. The highest BCUT2D eigenvalue weighted by Gasteiger charge is 2.14. The van der Waals surface area contributed by atoms with Crippen LogP contribution in [0.25, 0.3) is 0 Å². The van der Waals surface area contributed by atoms with Gasteiger partial charge in [0.2, 0.25) is 5.75 Å². The summed E-state index contributed by atoms with van der Waals surface area (Å²) in [6.45, 7) is 1.29. The van der Waals surface area contributed by atoms with E-state index in [1.807, 2.05) is 43.4 Å². The van der Waals surface area contributed by atoms with Crippen LogP contribution in [0.4, 0.5) is 0 Å². The first-order valence-corrected chi connectivity index (χ1v) is 8.89. The smallest absolute Gasteiger partial charge is 0.203 e. The molecule has 7 heteroatoms. The summed E-state index contributed by atoms with van der Waals surface area (Å²) in [6.07, 6.45) is 0. The maximum absolute atomic E-state index is 5.41. The lowest BCUT2D eigenvalue weighted by molar-refractivity contribution is 0.323.